The molecule has 158 valence electrons. The molecule has 1 atom stereocenters. The average molecular weight is 410 g/mol. The summed E-state index contributed by atoms with van der Waals surface area (Å²) in [7, 11) is 4.21. The van der Waals surface area contributed by atoms with Crippen molar-refractivity contribution in [1.29, 1.82) is 0 Å². The molecule has 4 rings (SSSR count). The van der Waals surface area contributed by atoms with Crippen LogP contribution in [0.1, 0.15) is 34.9 Å². The van der Waals surface area contributed by atoms with E-state index >= 15 is 0 Å². The minimum atomic E-state index is -0.516. The zero-order valence-electron chi connectivity index (χ0n) is 19.3. The van der Waals surface area contributed by atoms with Crippen molar-refractivity contribution in [3.05, 3.63) is 101 Å². The van der Waals surface area contributed by atoms with Crippen LogP contribution in [-0.4, -0.2) is 19.1 Å². The third kappa shape index (κ3) is 3.76. The summed E-state index contributed by atoms with van der Waals surface area (Å²) in [5.41, 5.74) is 7.83. The van der Waals surface area contributed by atoms with E-state index in [1.54, 1.807) is 0 Å². The van der Waals surface area contributed by atoms with Gasteiger partial charge >= 0.3 is 0 Å². The fourth-order valence-electron chi connectivity index (χ4n) is 4.67. The molecule has 0 radical (unpaired) electrons. The van der Waals surface area contributed by atoms with Crippen molar-refractivity contribution in [2.75, 3.05) is 24.3 Å². The number of hydrogen-bond donors (Lipinski definition) is 1. The third-order valence-electron chi connectivity index (χ3n) is 6.13. The summed E-state index contributed by atoms with van der Waals surface area (Å²) in [6, 6.07) is 23.7. The molecule has 0 aliphatic carbocycles. The lowest BCUT2D eigenvalue weighted by Gasteiger charge is -2.35. The van der Waals surface area contributed by atoms with Gasteiger partial charge in [-0.15, -0.1) is 0 Å². The van der Waals surface area contributed by atoms with Gasteiger partial charge in [-0.2, -0.15) is 0 Å². The van der Waals surface area contributed by atoms with E-state index in [2.05, 4.69) is 113 Å². The Balaban J connectivity index is 2.03. The second-order valence-electron chi connectivity index (χ2n) is 8.81. The molecule has 1 N–H and O–H groups in total. The normalized spacial score (nSPS) is 13.1. The van der Waals surface area contributed by atoms with Crippen LogP contribution in [0.3, 0.4) is 0 Å². The van der Waals surface area contributed by atoms with Gasteiger partial charge in [-0.05, 0) is 68.0 Å². The Morgan fingerprint density at radius 3 is 2.13 bits per heavy atom. The molecule has 31 heavy (non-hydrogen) atoms. The number of aryl methyl sites for hydroxylation is 3. The van der Waals surface area contributed by atoms with E-state index in [1.165, 1.54) is 38.7 Å². The molecule has 0 aliphatic rings. The number of fused-ring (bicyclic) bond motifs is 1. The molecule has 0 saturated carbocycles. The van der Waals surface area contributed by atoms with Gasteiger partial charge in [0.1, 0.15) is 5.54 Å². The zero-order valence-corrected chi connectivity index (χ0v) is 19.3. The van der Waals surface area contributed by atoms with Gasteiger partial charge in [0.15, 0.2) is 0 Å². The third-order valence-corrected chi connectivity index (χ3v) is 6.13. The largest absolute Gasteiger partial charge is 0.377 e. The summed E-state index contributed by atoms with van der Waals surface area (Å²) < 4.78 is 0. The van der Waals surface area contributed by atoms with Crippen molar-refractivity contribution in [1.82, 2.24) is 4.98 Å². The lowest BCUT2D eigenvalue weighted by atomic mass is 9.83. The first kappa shape index (κ1) is 20.9. The topological polar surface area (TPSA) is 28.2 Å². The van der Waals surface area contributed by atoms with E-state index in [-0.39, 0.29) is 0 Å². The number of nitrogens with zero attached hydrogens (tertiary/aromatic N) is 2. The molecular formula is C28H31N3. The van der Waals surface area contributed by atoms with Crippen molar-refractivity contribution >= 4 is 22.1 Å². The van der Waals surface area contributed by atoms with Crippen LogP contribution >= 0.6 is 0 Å². The fourth-order valence-corrected chi connectivity index (χ4v) is 4.67. The first-order valence-electron chi connectivity index (χ1n) is 10.8. The summed E-state index contributed by atoms with van der Waals surface area (Å²) in [5, 5.41) is 6.40. The predicted molar refractivity (Wildman–Crippen MR) is 133 cm³/mol. The monoisotopic (exact) mass is 409 g/mol. The van der Waals surface area contributed by atoms with Crippen molar-refractivity contribution in [2.24, 2.45) is 0 Å². The molecule has 1 heterocycles. The standard InChI is InChI=1S/C28H31N3/c1-19-17-20(2)27(21(3)18-19)30-28(4,25-15-7-8-16-29-25)23-13-9-11-22-12-10-14-24(26(22)23)31(5)6/h7-18,30H,1-6H3. The molecule has 3 nitrogen and oxygen atoms in total. The molecule has 3 heteroatoms. The maximum Gasteiger partial charge on any atom is 0.103 e. The number of hydrogen-bond acceptors (Lipinski definition) is 3. The number of aromatic nitrogens is 1. The molecular weight excluding hydrogens is 378 g/mol. The summed E-state index contributed by atoms with van der Waals surface area (Å²) >= 11 is 0. The lowest BCUT2D eigenvalue weighted by molar-refractivity contribution is 0.639. The molecule has 4 aromatic rings. The van der Waals surface area contributed by atoms with Gasteiger partial charge in [0.25, 0.3) is 0 Å². The number of pyridine rings is 1. The Kier molecular flexibility index (Phi) is 5.45. The number of rotatable bonds is 5. The van der Waals surface area contributed by atoms with E-state index in [9.17, 15) is 0 Å². The highest BCUT2D eigenvalue weighted by molar-refractivity contribution is 5.98. The van der Waals surface area contributed by atoms with Gasteiger partial charge in [0, 0.05) is 37.1 Å². The Morgan fingerprint density at radius 1 is 0.839 bits per heavy atom. The molecule has 0 fully saturated rings. The first-order valence-corrected chi connectivity index (χ1v) is 10.8. The minimum Gasteiger partial charge on any atom is -0.377 e. The van der Waals surface area contributed by atoms with E-state index < -0.39 is 5.54 Å². The molecule has 3 aromatic carbocycles. The van der Waals surface area contributed by atoms with Crippen LogP contribution in [0.4, 0.5) is 11.4 Å². The molecule has 0 saturated heterocycles. The maximum absolute atomic E-state index is 4.81. The maximum atomic E-state index is 4.81. The van der Waals surface area contributed by atoms with Gasteiger partial charge in [-0.1, -0.05) is 54.1 Å². The van der Waals surface area contributed by atoms with Gasteiger partial charge in [0.2, 0.25) is 0 Å². The van der Waals surface area contributed by atoms with Crippen LogP contribution in [0.15, 0.2) is 72.9 Å². The van der Waals surface area contributed by atoms with Crippen LogP contribution in [0, 0.1) is 20.8 Å². The highest BCUT2D eigenvalue weighted by Crippen LogP contribution is 2.41. The Hall–Kier alpha value is -3.33. The summed E-state index contributed by atoms with van der Waals surface area (Å²) in [6.45, 7) is 8.75. The summed E-state index contributed by atoms with van der Waals surface area (Å²) in [4.78, 5) is 6.99. The highest BCUT2D eigenvalue weighted by atomic mass is 15.1. The van der Waals surface area contributed by atoms with Crippen LogP contribution in [-0.2, 0) is 5.54 Å². The number of nitrogens with one attached hydrogen (secondary N) is 1. The van der Waals surface area contributed by atoms with Gasteiger partial charge in [-0.3, -0.25) is 4.98 Å². The van der Waals surface area contributed by atoms with Crippen molar-refractivity contribution in [3.8, 4) is 0 Å². The van der Waals surface area contributed by atoms with E-state index in [4.69, 9.17) is 4.98 Å². The van der Waals surface area contributed by atoms with E-state index in [1.807, 2.05) is 12.3 Å². The van der Waals surface area contributed by atoms with E-state index in [0.717, 1.165) is 11.4 Å². The molecule has 0 bridgehead atoms. The highest BCUT2D eigenvalue weighted by Gasteiger charge is 2.33. The van der Waals surface area contributed by atoms with Gasteiger partial charge in [0.05, 0.1) is 5.69 Å². The SMILES string of the molecule is Cc1cc(C)c(NC(C)(c2ccccn2)c2cccc3cccc(N(C)C)c23)c(C)c1. The minimum absolute atomic E-state index is 0.516. The molecule has 0 spiro atoms. The molecule has 0 amide bonds. The van der Waals surface area contributed by atoms with Crippen LogP contribution in [0.5, 0.6) is 0 Å². The quantitative estimate of drug-likeness (QED) is 0.402. The number of benzene rings is 3. The average Bonchev–Trinajstić information content (AvgIpc) is 2.75. The Morgan fingerprint density at radius 2 is 1.52 bits per heavy atom. The van der Waals surface area contributed by atoms with E-state index in [0.29, 0.717) is 0 Å². The number of anilines is 2. The molecule has 1 unspecified atom stereocenters. The smallest absolute Gasteiger partial charge is 0.103 e. The van der Waals surface area contributed by atoms with Crippen LogP contribution in [0.25, 0.3) is 10.8 Å². The van der Waals surface area contributed by atoms with Crippen molar-refractivity contribution in [3.63, 3.8) is 0 Å². The second-order valence-corrected chi connectivity index (χ2v) is 8.81. The van der Waals surface area contributed by atoms with Crippen molar-refractivity contribution < 1.29 is 0 Å². The zero-order chi connectivity index (χ0) is 22.2. The second kappa shape index (κ2) is 8.07. The van der Waals surface area contributed by atoms with Crippen LogP contribution in [0.2, 0.25) is 0 Å². The lowest BCUT2D eigenvalue weighted by Crippen LogP contribution is -2.35. The fraction of sp³-hybridized carbons (Fsp3) is 0.250. The Bertz CT molecular complexity index is 1200. The van der Waals surface area contributed by atoms with Gasteiger partial charge in [-0.25, -0.2) is 0 Å². The molecule has 1 aromatic heterocycles. The van der Waals surface area contributed by atoms with Gasteiger partial charge < -0.3 is 10.2 Å². The summed E-state index contributed by atoms with van der Waals surface area (Å²) in [5.74, 6) is 0. The van der Waals surface area contributed by atoms with Crippen LogP contribution < -0.4 is 10.2 Å². The summed E-state index contributed by atoms with van der Waals surface area (Å²) in [6.07, 6.45) is 1.88. The Labute approximate surface area is 185 Å². The molecule has 0 aliphatic heterocycles. The van der Waals surface area contributed by atoms with Crippen molar-refractivity contribution in [2.45, 2.75) is 33.2 Å². The predicted octanol–water partition coefficient (Wildman–Crippen LogP) is 6.60. The first-order chi connectivity index (χ1) is 14.8.